The van der Waals surface area contributed by atoms with E-state index in [1.54, 1.807) is 12.1 Å². The topological polar surface area (TPSA) is 48.2 Å². The minimum atomic E-state index is 0.192. The lowest BCUT2D eigenvalue weighted by atomic mass is 10.1. The average Bonchev–Trinajstić information content (AvgIpc) is 3.05. The van der Waals surface area contributed by atoms with Crippen LogP contribution in [0.2, 0.25) is 0 Å². The molecule has 118 valence electrons. The molecule has 1 heterocycles. The molecule has 0 unspecified atom stereocenters. The second-order valence-electron chi connectivity index (χ2n) is 5.78. The van der Waals surface area contributed by atoms with Crippen LogP contribution in [0.4, 0.5) is 5.69 Å². The molecule has 0 radical (unpaired) electrons. The monoisotopic (exact) mass is 307 g/mol. The van der Waals surface area contributed by atoms with Crippen LogP contribution in [0.25, 0.3) is 0 Å². The number of nitrogens with zero attached hydrogens (tertiary/aromatic N) is 3. The van der Waals surface area contributed by atoms with Gasteiger partial charge in [0.15, 0.2) is 5.84 Å². The summed E-state index contributed by atoms with van der Waals surface area (Å²) in [7, 11) is 0. The zero-order chi connectivity index (χ0) is 16.1. The largest absolute Gasteiger partial charge is 0.507 e. The Morgan fingerprint density at radius 1 is 1.09 bits per heavy atom. The standard InChI is InChI=1S/C19H21N3O/c1-15-7-6-8-16(13-15)21-19(17-9-2-3-10-18(17)23)20-14-22-11-4-5-12-22/h2-3,6-10,13-14,23H,4-5,11-12H2,1H3. The van der Waals surface area contributed by atoms with Crippen LogP contribution in [0.15, 0.2) is 58.5 Å². The van der Waals surface area contributed by atoms with E-state index in [4.69, 9.17) is 0 Å². The van der Waals surface area contributed by atoms with Gasteiger partial charge in [-0.1, -0.05) is 24.3 Å². The second kappa shape index (κ2) is 7.09. The van der Waals surface area contributed by atoms with E-state index in [0.717, 1.165) is 24.3 Å². The summed E-state index contributed by atoms with van der Waals surface area (Å²) in [5.41, 5.74) is 2.62. The highest BCUT2D eigenvalue weighted by Crippen LogP contribution is 2.21. The van der Waals surface area contributed by atoms with Crippen molar-refractivity contribution in [3.8, 4) is 5.75 Å². The molecule has 2 aromatic rings. The molecule has 0 bridgehead atoms. The number of aryl methyl sites for hydroxylation is 1. The number of phenols is 1. The number of hydrogen-bond donors (Lipinski definition) is 1. The molecule has 2 aromatic carbocycles. The maximum Gasteiger partial charge on any atom is 0.165 e. The molecule has 0 aromatic heterocycles. The maximum absolute atomic E-state index is 10.1. The Morgan fingerprint density at radius 2 is 1.87 bits per heavy atom. The van der Waals surface area contributed by atoms with Gasteiger partial charge in [-0.25, -0.2) is 9.98 Å². The van der Waals surface area contributed by atoms with Crippen molar-refractivity contribution in [2.24, 2.45) is 9.98 Å². The van der Waals surface area contributed by atoms with Crippen LogP contribution in [0.5, 0.6) is 5.75 Å². The predicted molar refractivity (Wildman–Crippen MR) is 94.8 cm³/mol. The van der Waals surface area contributed by atoms with Gasteiger partial charge >= 0.3 is 0 Å². The fourth-order valence-corrected chi connectivity index (χ4v) is 2.63. The predicted octanol–water partition coefficient (Wildman–Crippen LogP) is 3.90. The highest BCUT2D eigenvalue weighted by Gasteiger charge is 2.10. The van der Waals surface area contributed by atoms with Crippen LogP contribution in [-0.2, 0) is 0 Å². The number of likely N-dealkylation sites (tertiary alicyclic amines) is 1. The Hall–Kier alpha value is -2.62. The van der Waals surface area contributed by atoms with Gasteiger partial charge in [0.25, 0.3) is 0 Å². The van der Waals surface area contributed by atoms with Gasteiger partial charge < -0.3 is 10.0 Å². The minimum Gasteiger partial charge on any atom is -0.507 e. The van der Waals surface area contributed by atoms with E-state index in [1.807, 2.05) is 49.7 Å². The van der Waals surface area contributed by atoms with E-state index < -0.39 is 0 Å². The number of hydrogen-bond acceptors (Lipinski definition) is 2. The summed E-state index contributed by atoms with van der Waals surface area (Å²) in [6, 6.07) is 15.1. The van der Waals surface area contributed by atoms with E-state index in [2.05, 4.69) is 14.9 Å². The molecule has 3 rings (SSSR count). The zero-order valence-corrected chi connectivity index (χ0v) is 13.3. The third-order valence-corrected chi connectivity index (χ3v) is 3.87. The second-order valence-corrected chi connectivity index (χ2v) is 5.78. The summed E-state index contributed by atoms with van der Waals surface area (Å²) in [6.07, 6.45) is 4.24. The molecular weight excluding hydrogens is 286 g/mol. The summed E-state index contributed by atoms with van der Waals surface area (Å²) in [4.78, 5) is 11.4. The maximum atomic E-state index is 10.1. The SMILES string of the molecule is Cc1cccc(N=C(N=CN2CCCC2)c2ccccc2O)c1. The van der Waals surface area contributed by atoms with Crippen LogP contribution in [0.1, 0.15) is 24.0 Å². The number of aliphatic imine (C=N–C) groups is 2. The summed E-state index contributed by atoms with van der Waals surface area (Å²) >= 11 is 0. The highest BCUT2D eigenvalue weighted by molar-refractivity contribution is 6.06. The fraction of sp³-hybridized carbons (Fsp3) is 0.263. The van der Waals surface area contributed by atoms with E-state index in [0.29, 0.717) is 11.4 Å². The van der Waals surface area contributed by atoms with Gasteiger partial charge in [-0.05, 0) is 49.6 Å². The van der Waals surface area contributed by atoms with Crippen molar-refractivity contribution in [1.29, 1.82) is 0 Å². The molecule has 23 heavy (non-hydrogen) atoms. The normalized spacial score (nSPS) is 15.5. The van der Waals surface area contributed by atoms with Crippen molar-refractivity contribution in [1.82, 2.24) is 4.90 Å². The number of benzene rings is 2. The molecule has 0 spiro atoms. The molecular formula is C19H21N3O. The summed E-state index contributed by atoms with van der Waals surface area (Å²) < 4.78 is 0. The van der Waals surface area contributed by atoms with E-state index >= 15 is 0 Å². The van der Waals surface area contributed by atoms with Gasteiger partial charge in [0, 0.05) is 13.1 Å². The van der Waals surface area contributed by atoms with Gasteiger partial charge in [0.1, 0.15) is 5.75 Å². The molecule has 4 heteroatoms. The van der Waals surface area contributed by atoms with Crippen molar-refractivity contribution in [3.63, 3.8) is 0 Å². The van der Waals surface area contributed by atoms with Crippen molar-refractivity contribution in [3.05, 3.63) is 59.7 Å². The first-order valence-electron chi connectivity index (χ1n) is 7.94. The van der Waals surface area contributed by atoms with E-state index in [9.17, 15) is 5.11 Å². The lowest BCUT2D eigenvalue weighted by molar-refractivity contribution is 0.474. The highest BCUT2D eigenvalue weighted by atomic mass is 16.3. The Labute approximate surface area is 136 Å². The summed E-state index contributed by atoms with van der Waals surface area (Å²) in [5.74, 6) is 0.720. The lowest BCUT2D eigenvalue weighted by Crippen LogP contribution is -2.17. The van der Waals surface area contributed by atoms with Crippen molar-refractivity contribution >= 4 is 17.9 Å². The molecule has 1 fully saturated rings. The Balaban J connectivity index is 1.97. The van der Waals surface area contributed by atoms with Crippen molar-refractivity contribution in [2.45, 2.75) is 19.8 Å². The smallest absolute Gasteiger partial charge is 0.165 e. The van der Waals surface area contributed by atoms with Gasteiger partial charge in [0.2, 0.25) is 0 Å². The third-order valence-electron chi connectivity index (χ3n) is 3.87. The third kappa shape index (κ3) is 3.97. The number of phenolic OH excluding ortho intramolecular Hbond substituents is 1. The molecule has 0 saturated carbocycles. The van der Waals surface area contributed by atoms with Gasteiger partial charge in [0.05, 0.1) is 17.6 Å². The minimum absolute atomic E-state index is 0.192. The van der Waals surface area contributed by atoms with Gasteiger partial charge in [-0.3, -0.25) is 0 Å². The average molecular weight is 307 g/mol. The molecule has 0 amide bonds. The molecule has 1 saturated heterocycles. The number of aromatic hydroxyl groups is 1. The first-order valence-corrected chi connectivity index (χ1v) is 7.94. The summed E-state index contributed by atoms with van der Waals surface area (Å²) in [6.45, 7) is 4.09. The quantitative estimate of drug-likeness (QED) is 0.690. The first-order chi connectivity index (χ1) is 11.2. The molecule has 4 nitrogen and oxygen atoms in total. The Kier molecular flexibility index (Phi) is 4.71. The number of amidine groups is 1. The Bertz CT molecular complexity index is 731. The van der Waals surface area contributed by atoms with Crippen molar-refractivity contribution < 1.29 is 5.11 Å². The number of para-hydroxylation sites is 1. The molecule has 0 atom stereocenters. The molecule has 0 aliphatic carbocycles. The van der Waals surface area contributed by atoms with Crippen LogP contribution < -0.4 is 0 Å². The first kappa shape index (κ1) is 15.3. The van der Waals surface area contributed by atoms with E-state index in [1.165, 1.54) is 12.8 Å². The fourth-order valence-electron chi connectivity index (χ4n) is 2.63. The van der Waals surface area contributed by atoms with Gasteiger partial charge in [-0.15, -0.1) is 0 Å². The molecule has 1 aliphatic heterocycles. The van der Waals surface area contributed by atoms with Crippen molar-refractivity contribution in [2.75, 3.05) is 13.1 Å². The number of rotatable bonds is 3. The zero-order valence-electron chi connectivity index (χ0n) is 13.3. The van der Waals surface area contributed by atoms with Gasteiger partial charge in [-0.2, -0.15) is 0 Å². The molecule has 1 N–H and O–H groups in total. The van der Waals surface area contributed by atoms with E-state index in [-0.39, 0.29) is 5.75 Å². The molecule has 1 aliphatic rings. The van der Waals surface area contributed by atoms with Crippen LogP contribution in [-0.4, -0.2) is 35.3 Å². The van der Waals surface area contributed by atoms with Crippen LogP contribution in [0.3, 0.4) is 0 Å². The lowest BCUT2D eigenvalue weighted by Gasteiger charge is -2.10. The summed E-state index contributed by atoms with van der Waals surface area (Å²) in [5, 5.41) is 10.1. The Morgan fingerprint density at radius 3 is 2.61 bits per heavy atom. The van der Waals surface area contributed by atoms with Crippen LogP contribution in [0, 0.1) is 6.92 Å². The van der Waals surface area contributed by atoms with Crippen LogP contribution >= 0.6 is 0 Å².